The van der Waals surface area contributed by atoms with E-state index in [9.17, 15) is 19.8 Å². The highest BCUT2D eigenvalue weighted by Crippen LogP contribution is 2.43. The molecule has 4 aromatic rings. The van der Waals surface area contributed by atoms with Crippen LogP contribution in [0.1, 0.15) is 46.1 Å². The maximum atomic E-state index is 12.5. The average molecular weight is 575 g/mol. The molecule has 1 aromatic heterocycles. The molecule has 41 heavy (non-hydrogen) atoms. The first-order chi connectivity index (χ1) is 19.8. The molecule has 2 N–H and O–H groups in total. The summed E-state index contributed by atoms with van der Waals surface area (Å²) in [5, 5.41) is 23.5. The number of methoxy groups -OCH3 is 2. The van der Waals surface area contributed by atoms with E-state index >= 15 is 0 Å². The highest BCUT2D eigenvalue weighted by atomic mass is 32.1. The van der Waals surface area contributed by atoms with Crippen LogP contribution < -0.4 is 18.9 Å². The molecule has 0 bridgehead atoms. The lowest BCUT2D eigenvalue weighted by Crippen LogP contribution is -2.05. The van der Waals surface area contributed by atoms with Crippen LogP contribution in [-0.2, 0) is 17.6 Å². The van der Waals surface area contributed by atoms with Crippen molar-refractivity contribution in [1.29, 1.82) is 0 Å². The first kappa shape index (κ1) is 28.0. The van der Waals surface area contributed by atoms with Crippen LogP contribution in [0.4, 0.5) is 0 Å². The Morgan fingerprint density at radius 1 is 0.951 bits per heavy atom. The molecule has 8 nitrogen and oxygen atoms in total. The lowest BCUT2D eigenvalue weighted by Gasteiger charge is -2.14. The van der Waals surface area contributed by atoms with Gasteiger partial charge < -0.3 is 29.2 Å². The molecule has 0 radical (unpaired) electrons. The Balaban J connectivity index is 1.68. The molecular formula is C32H30O8S. The number of ether oxygens (including phenoxy) is 4. The van der Waals surface area contributed by atoms with E-state index in [2.05, 4.69) is 12.3 Å². The van der Waals surface area contributed by atoms with Gasteiger partial charge in [-0.25, -0.2) is 9.59 Å². The van der Waals surface area contributed by atoms with Crippen LogP contribution in [0.3, 0.4) is 0 Å². The minimum absolute atomic E-state index is 0.0993. The summed E-state index contributed by atoms with van der Waals surface area (Å²) in [7, 11) is 3.11. The number of aryl methyl sites for hydroxylation is 1. The summed E-state index contributed by atoms with van der Waals surface area (Å²) in [6.45, 7) is 2.22. The second kappa shape index (κ2) is 11.9. The predicted octanol–water partition coefficient (Wildman–Crippen LogP) is 7.07. The van der Waals surface area contributed by atoms with E-state index in [-0.39, 0.29) is 24.4 Å². The number of carbonyl (C=O) groups is 2. The van der Waals surface area contributed by atoms with Crippen molar-refractivity contribution in [3.8, 4) is 34.1 Å². The van der Waals surface area contributed by atoms with Crippen LogP contribution in [0.5, 0.6) is 23.0 Å². The van der Waals surface area contributed by atoms with Crippen molar-refractivity contribution >= 4 is 40.1 Å². The van der Waals surface area contributed by atoms with Crippen LogP contribution in [0.15, 0.2) is 53.4 Å². The Morgan fingerprint density at radius 2 is 1.71 bits per heavy atom. The van der Waals surface area contributed by atoms with Gasteiger partial charge in [0.05, 0.1) is 19.8 Å². The molecular weight excluding hydrogens is 544 g/mol. The molecule has 0 saturated heterocycles. The Hall–Kier alpha value is -4.50. The molecule has 1 aliphatic heterocycles. The average Bonchev–Trinajstić information content (AvgIpc) is 3.60. The largest absolute Gasteiger partial charge is 0.496 e. The van der Waals surface area contributed by atoms with E-state index in [4.69, 9.17) is 18.9 Å². The van der Waals surface area contributed by atoms with Crippen molar-refractivity contribution in [3.63, 3.8) is 0 Å². The van der Waals surface area contributed by atoms with Gasteiger partial charge in [0.1, 0.15) is 11.5 Å². The van der Waals surface area contributed by atoms with Crippen molar-refractivity contribution in [2.45, 2.75) is 32.6 Å². The van der Waals surface area contributed by atoms with Gasteiger partial charge in [0.2, 0.25) is 6.79 Å². The van der Waals surface area contributed by atoms with E-state index in [0.29, 0.717) is 28.6 Å². The number of aliphatic carboxylic acids is 1. The molecule has 0 aliphatic carbocycles. The Morgan fingerprint density at radius 3 is 2.39 bits per heavy atom. The second-order valence-electron chi connectivity index (χ2n) is 9.65. The Labute approximate surface area is 241 Å². The van der Waals surface area contributed by atoms with Crippen LogP contribution in [0.25, 0.3) is 28.0 Å². The summed E-state index contributed by atoms with van der Waals surface area (Å²) in [5.41, 5.74) is 3.81. The zero-order chi connectivity index (χ0) is 29.1. The highest BCUT2D eigenvalue weighted by Gasteiger charge is 2.22. The minimum atomic E-state index is -1.05. The first-order valence-corrected chi connectivity index (χ1v) is 14.1. The summed E-state index contributed by atoms with van der Waals surface area (Å²) >= 11 is 1.47. The fourth-order valence-corrected chi connectivity index (χ4v) is 6.14. The molecule has 0 atom stereocenters. The van der Waals surface area contributed by atoms with Gasteiger partial charge in [-0.2, -0.15) is 0 Å². The SMILES string of the molecule is CCCCc1csc(C=C(Cc2cc3c(cc2OC)OCO3)C(=O)O)c1-c1ccc(OC)c2ccc(C(=O)O)cc12. The van der Waals surface area contributed by atoms with Crippen LogP contribution >= 0.6 is 11.3 Å². The third-order valence-corrected chi connectivity index (χ3v) is 8.12. The highest BCUT2D eigenvalue weighted by molar-refractivity contribution is 7.11. The van der Waals surface area contributed by atoms with Gasteiger partial charge in [0.15, 0.2) is 11.5 Å². The van der Waals surface area contributed by atoms with Gasteiger partial charge >= 0.3 is 11.9 Å². The number of hydrogen-bond acceptors (Lipinski definition) is 7. The molecule has 3 aromatic carbocycles. The normalized spacial score (nSPS) is 12.5. The van der Waals surface area contributed by atoms with Crippen molar-refractivity contribution in [3.05, 3.63) is 75.0 Å². The topological polar surface area (TPSA) is 112 Å². The summed E-state index contributed by atoms with van der Waals surface area (Å²) in [4.78, 5) is 25.2. The second-order valence-corrected chi connectivity index (χ2v) is 10.6. The van der Waals surface area contributed by atoms with Crippen molar-refractivity contribution in [2.24, 2.45) is 0 Å². The molecule has 5 rings (SSSR count). The summed E-state index contributed by atoms with van der Waals surface area (Å²) in [6, 6.07) is 12.2. The fourth-order valence-electron chi connectivity index (χ4n) is 5.07. The molecule has 9 heteroatoms. The van der Waals surface area contributed by atoms with Crippen molar-refractivity contribution in [2.75, 3.05) is 21.0 Å². The number of hydrogen-bond donors (Lipinski definition) is 2. The maximum absolute atomic E-state index is 12.5. The standard InChI is InChI=1S/C32H30O8S/c1-4-5-6-19-16-41-29(14-21(32(35)36)11-20-13-27-28(40-17-39-27)15-26(20)38-3)30(19)23-9-10-25(37-2)22-8-7-18(31(33)34)12-24(22)23/h7-10,12-16H,4-6,11,17H2,1-3H3,(H,33,34)(H,35,36). The first-order valence-electron chi connectivity index (χ1n) is 13.2. The Kier molecular flexibility index (Phi) is 8.16. The number of carboxylic acid groups (broad SMARTS) is 2. The quantitative estimate of drug-likeness (QED) is 0.183. The molecule has 0 spiro atoms. The summed E-state index contributed by atoms with van der Waals surface area (Å²) in [6.07, 6.45) is 4.57. The van der Waals surface area contributed by atoms with Gasteiger partial charge in [-0.15, -0.1) is 11.3 Å². The van der Waals surface area contributed by atoms with Crippen LogP contribution in [0.2, 0.25) is 0 Å². The zero-order valence-electron chi connectivity index (χ0n) is 23.0. The maximum Gasteiger partial charge on any atom is 0.335 e. The van der Waals surface area contributed by atoms with E-state index < -0.39 is 11.9 Å². The number of aromatic carboxylic acids is 1. The van der Waals surface area contributed by atoms with Crippen molar-refractivity contribution in [1.82, 2.24) is 0 Å². The number of unbranched alkanes of at least 4 members (excludes halogenated alkanes) is 1. The zero-order valence-corrected chi connectivity index (χ0v) is 23.8. The smallest absolute Gasteiger partial charge is 0.335 e. The molecule has 1 aliphatic rings. The molecule has 0 unspecified atom stereocenters. The van der Waals surface area contributed by atoms with E-state index in [1.54, 1.807) is 43.5 Å². The summed E-state index contributed by atoms with van der Waals surface area (Å²) in [5.74, 6) is 0.168. The third kappa shape index (κ3) is 5.58. The number of carboxylic acids is 2. The molecule has 0 amide bonds. The van der Waals surface area contributed by atoms with Gasteiger partial charge in [0.25, 0.3) is 0 Å². The predicted molar refractivity (Wildman–Crippen MR) is 158 cm³/mol. The van der Waals surface area contributed by atoms with E-state index in [1.807, 2.05) is 12.1 Å². The van der Waals surface area contributed by atoms with Crippen LogP contribution in [0, 0.1) is 0 Å². The van der Waals surface area contributed by atoms with Crippen LogP contribution in [-0.4, -0.2) is 43.2 Å². The van der Waals surface area contributed by atoms with E-state index in [0.717, 1.165) is 51.6 Å². The molecule has 2 heterocycles. The minimum Gasteiger partial charge on any atom is -0.496 e. The number of thiophene rings is 1. The number of benzene rings is 3. The fraction of sp³-hybridized carbons (Fsp3) is 0.250. The van der Waals surface area contributed by atoms with Gasteiger partial charge in [-0.05, 0) is 77.2 Å². The number of fused-ring (bicyclic) bond motifs is 2. The molecule has 0 saturated carbocycles. The summed E-state index contributed by atoms with van der Waals surface area (Å²) < 4.78 is 22.1. The van der Waals surface area contributed by atoms with Gasteiger partial charge in [0, 0.05) is 39.5 Å². The molecule has 212 valence electrons. The monoisotopic (exact) mass is 574 g/mol. The number of rotatable bonds is 11. The van der Waals surface area contributed by atoms with E-state index in [1.165, 1.54) is 18.4 Å². The lowest BCUT2D eigenvalue weighted by atomic mass is 9.91. The lowest BCUT2D eigenvalue weighted by molar-refractivity contribution is -0.132. The van der Waals surface area contributed by atoms with Gasteiger partial charge in [-0.3, -0.25) is 0 Å². The Bertz CT molecular complexity index is 1670. The van der Waals surface area contributed by atoms with Gasteiger partial charge in [-0.1, -0.05) is 13.3 Å². The molecule has 0 fully saturated rings. The van der Waals surface area contributed by atoms with Crippen molar-refractivity contribution < 1.29 is 38.7 Å². The third-order valence-electron chi connectivity index (χ3n) is 7.14.